The van der Waals surface area contributed by atoms with Crippen molar-refractivity contribution < 1.29 is 14.3 Å². The minimum absolute atomic E-state index is 0.176. The predicted octanol–water partition coefficient (Wildman–Crippen LogP) is 5.52. The lowest BCUT2D eigenvalue weighted by molar-refractivity contribution is -0.111. The third-order valence-electron chi connectivity index (χ3n) is 3.73. The third-order valence-corrected chi connectivity index (χ3v) is 4.45. The van der Waals surface area contributed by atoms with Crippen LogP contribution in [0.2, 0.25) is 0 Å². The van der Waals surface area contributed by atoms with Gasteiger partial charge in [0.15, 0.2) is 11.5 Å². The molecule has 0 radical (unpaired) electrons. The van der Waals surface area contributed by atoms with E-state index < -0.39 is 0 Å². The molecule has 0 spiro atoms. The number of benzene rings is 2. The number of rotatable bonds is 9. The molecule has 5 heteroatoms. The molecule has 0 aliphatic heterocycles. The van der Waals surface area contributed by atoms with Gasteiger partial charge in [0.25, 0.3) is 0 Å². The fourth-order valence-electron chi connectivity index (χ4n) is 2.33. The standard InChI is InChI=1S/C21H24INO3/c1-3-4-5-14-26-19-12-6-16(15-20(19)25-2)7-13-21(24)23-18-10-8-17(22)9-11-18/h6-13,15H,3-5,14H2,1-2H3,(H,23,24)/b13-7+. The molecule has 1 amide bonds. The number of anilines is 1. The van der Waals surface area contributed by atoms with Crippen LogP contribution in [0, 0.1) is 3.57 Å². The molecule has 4 nitrogen and oxygen atoms in total. The van der Waals surface area contributed by atoms with Gasteiger partial charge in [-0.3, -0.25) is 4.79 Å². The summed E-state index contributed by atoms with van der Waals surface area (Å²) in [6.07, 6.45) is 6.60. The number of unbranched alkanes of at least 4 members (excludes halogenated alkanes) is 2. The fourth-order valence-corrected chi connectivity index (χ4v) is 2.69. The predicted molar refractivity (Wildman–Crippen MR) is 115 cm³/mol. The smallest absolute Gasteiger partial charge is 0.248 e. The van der Waals surface area contributed by atoms with E-state index in [0.29, 0.717) is 12.4 Å². The number of methoxy groups -OCH3 is 1. The number of hydrogen-bond acceptors (Lipinski definition) is 3. The molecule has 0 aliphatic rings. The van der Waals surface area contributed by atoms with Gasteiger partial charge in [0.05, 0.1) is 13.7 Å². The number of halogens is 1. The van der Waals surface area contributed by atoms with Gasteiger partial charge in [0, 0.05) is 15.3 Å². The summed E-state index contributed by atoms with van der Waals surface area (Å²) in [5.74, 6) is 1.22. The molecule has 2 aromatic carbocycles. The fraction of sp³-hybridized carbons (Fsp3) is 0.286. The van der Waals surface area contributed by atoms with E-state index in [-0.39, 0.29) is 5.91 Å². The number of nitrogens with one attached hydrogen (secondary N) is 1. The van der Waals surface area contributed by atoms with E-state index in [1.807, 2.05) is 42.5 Å². The summed E-state index contributed by atoms with van der Waals surface area (Å²) in [7, 11) is 1.62. The molecular weight excluding hydrogens is 441 g/mol. The Bertz CT molecular complexity index is 741. The molecule has 1 N–H and O–H groups in total. The van der Waals surface area contributed by atoms with Crippen LogP contribution in [-0.2, 0) is 4.79 Å². The van der Waals surface area contributed by atoms with Crippen LogP contribution in [0.1, 0.15) is 31.7 Å². The summed E-state index contributed by atoms with van der Waals surface area (Å²) in [5.41, 5.74) is 1.65. The van der Waals surface area contributed by atoms with E-state index in [9.17, 15) is 4.79 Å². The summed E-state index contributed by atoms with van der Waals surface area (Å²) >= 11 is 2.23. The number of carbonyl (C=O) groups is 1. The molecule has 2 aromatic rings. The Hall–Kier alpha value is -2.02. The molecule has 0 saturated carbocycles. The Balaban J connectivity index is 1.96. The zero-order chi connectivity index (χ0) is 18.8. The number of carbonyl (C=O) groups excluding carboxylic acids is 1. The van der Waals surface area contributed by atoms with Crippen LogP contribution in [0.15, 0.2) is 48.5 Å². The Morgan fingerprint density at radius 3 is 2.58 bits per heavy atom. The van der Waals surface area contributed by atoms with E-state index in [0.717, 1.165) is 39.8 Å². The van der Waals surface area contributed by atoms with E-state index in [1.54, 1.807) is 13.2 Å². The van der Waals surface area contributed by atoms with Crippen molar-refractivity contribution >= 4 is 40.3 Å². The zero-order valence-corrected chi connectivity index (χ0v) is 17.3. The summed E-state index contributed by atoms with van der Waals surface area (Å²) in [6, 6.07) is 13.3. The highest BCUT2D eigenvalue weighted by Crippen LogP contribution is 2.28. The average molecular weight is 465 g/mol. The van der Waals surface area contributed by atoms with Crippen molar-refractivity contribution in [2.24, 2.45) is 0 Å². The van der Waals surface area contributed by atoms with Gasteiger partial charge in [-0.2, -0.15) is 0 Å². The summed E-state index contributed by atoms with van der Waals surface area (Å²) in [6.45, 7) is 2.84. The lowest BCUT2D eigenvalue weighted by atomic mass is 10.2. The average Bonchev–Trinajstić information content (AvgIpc) is 2.66. The van der Waals surface area contributed by atoms with E-state index in [1.165, 1.54) is 6.08 Å². The minimum Gasteiger partial charge on any atom is -0.493 e. The molecular formula is C21H24INO3. The second-order valence-corrected chi connectivity index (χ2v) is 7.04. The molecule has 0 bridgehead atoms. The van der Waals surface area contributed by atoms with Crippen molar-refractivity contribution in [2.45, 2.75) is 26.2 Å². The molecule has 26 heavy (non-hydrogen) atoms. The van der Waals surface area contributed by atoms with Crippen molar-refractivity contribution in [2.75, 3.05) is 19.0 Å². The van der Waals surface area contributed by atoms with Crippen molar-refractivity contribution in [3.63, 3.8) is 0 Å². The SMILES string of the molecule is CCCCCOc1ccc(/C=C/C(=O)Nc2ccc(I)cc2)cc1OC. The molecule has 0 fully saturated rings. The van der Waals surface area contributed by atoms with Crippen LogP contribution >= 0.6 is 22.6 Å². The molecule has 2 rings (SSSR count). The Kier molecular flexibility index (Phi) is 8.47. The normalized spacial score (nSPS) is 10.7. The van der Waals surface area contributed by atoms with E-state index in [2.05, 4.69) is 34.8 Å². The van der Waals surface area contributed by atoms with Crippen LogP contribution in [0.4, 0.5) is 5.69 Å². The van der Waals surface area contributed by atoms with E-state index >= 15 is 0 Å². The maximum absolute atomic E-state index is 12.0. The summed E-state index contributed by atoms with van der Waals surface area (Å²) in [5, 5.41) is 2.83. The second kappa shape index (κ2) is 10.9. The van der Waals surface area contributed by atoms with Gasteiger partial charge in [0.1, 0.15) is 0 Å². The number of hydrogen-bond donors (Lipinski definition) is 1. The zero-order valence-electron chi connectivity index (χ0n) is 15.1. The first-order chi connectivity index (χ1) is 12.6. The largest absolute Gasteiger partial charge is 0.493 e. The molecule has 138 valence electrons. The Morgan fingerprint density at radius 2 is 1.88 bits per heavy atom. The Labute approximate surface area is 168 Å². The molecule has 0 saturated heterocycles. The highest BCUT2D eigenvalue weighted by Gasteiger charge is 2.05. The van der Waals surface area contributed by atoms with Crippen molar-refractivity contribution in [3.8, 4) is 11.5 Å². The van der Waals surface area contributed by atoms with Gasteiger partial charge in [-0.25, -0.2) is 0 Å². The molecule has 0 unspecified atom stereocenters. The summed E-state index contributed by atoms with van der Waals surface area (Å²) < 4.78 is 12.3. The van der Waals surface area contributed by atoms with Gasteiger partial charge in [-0.05, 0) is 77.0 Å². The van der Waals surface area contributed by atoms with Crippen molar-refractivity contribution in [1.82, 2.24) is 0 Å². The maximum atomic E-state index is 12.0. The number of ether oxygens (including phenoxy) is 2. The molecule has 0 heterocycles. The lowest BCUT2D eigenvalue weighted by Gasteiger charge is -2.11. The van der Waals surface area contributed by atoms with Crippen molar-refractivity contribution in [1.29, 1.82) is 0 Å². The molecule has 0 aromatic heterocycles. The summed E-state index contributed by atoms with van der Waals surface area (Å²) in [4.78, 5) is 12.0. The van der Waals surface area contributed by atoms with E-state index in [4.69, 9.17) is 9.47 Å². The first-order valence-corrected chi connectivity index (χ1v) is 9.75. The second-order valence-electron chi connectivity index (χ2n) is 5.80. The van der Waals surface area contributed by atoms with Crippen LogP contribution in [0.3, 0.4) is 0 Å². The highest BCUT2D eigenvalue weighted by molar-refractivity contribution is 14.1. The lowest BCUT2D eigenvalue weighted by Crippen LogP contribution is -2.07. The molecule has 0 aliphatic carbocycles. The highest BCUT2D eigenvalue weighted by atomic mass is 127. The number of amides is 1. The monoisotopic (exact) mass is 465 g/mol. The van der Waals surface area contributed by atoms with Crippen LogP contribution in [0.25, 0.3) is 6.08 Å². The van der Waals surface area contributed by atoms with Gasteiger partial charge in [-0.15, -0.1) is 0 Å². The van der Waals surface area contributed by atoms with Crippen LogP contribution in [-0.4, -0.2) is 19.6 Å². The third kappa shape index (κ3) is 6.71. The first kappa shape index (κ1) is 20.3. The molecule has 0 atom stereocenters. The van der Waals surface area contributed by atoms with Gasteiger partial charge >= 0.3 is 0 Å². The topological polar surface area (TPSA) is 47.6 Å². The van der Waals surface area contributed by atoms with Gasteiger partial charge in [-0.1, -0.05) is 25.8 Å². The van der Waals surface area contributed by atoms with Gasteiger partial charge in [0.2, 0.25) is 5.91 Å². The van der Waals surface area contributed by atoms with Crippen molar-refractivity contribution in [3.05, 3.63) is 57.7 Å². The maximum Gasteiger partial charge on any atom is 0.248 e. The minimum atomic E-state index is -0.176. The van der Waals surface area contributed by atoms with Gasteiger partial charge < -0.3 is 14.8 Å². The van der Waals surface area contributed by atoms with Crippen LogP contribution < -0.4 is 14.8 Å². The van der Waals surface area contributed by atoms with Crippen LogP contribution in [0.5, 0.6) is 11.5 Å². The Morgan fingerprint density at radius 1 is 1.12 bits per heavy atom. The quantitative estimate of drug-likeness (QED) is 0.302. The first-order valence-electron chi connectivity index (χ1n) is 8.68.